The average molecular weight is 201 g/mol. The maximum absolute atomic E-state index is 5.78. The maximum Gasteiger partial charge on any atom is 0.132 e. The largest absolute Gasteiger partial charge is 0.399 e. The van der Waals surface area contributed by atoms with E-state index in [-0.39, 0.29) is 0 Å². The van der Waals surface area contributed by atoms with Gasteiger partial charge >= 0.3 is 0 Å². The van der Waals surface area contributed by atoms with E-state index in [1.54, 1.807) is 6.07 Å². The number of rotatable bonds is 1. The molecule has 0 aliphatic carbocycles. The Labute approximate surface area is 90.3 Å². The van der Waals surface area contributed by atoms with E-state index >= 15 is 0 Å². The molecule has 0 aromatic carbocycles. The third-order valence-electron chi connectivity index (χ3n) is 2.66. The molecule has 0 radical (unpaired) electrons. The molecule has 1 aromatic heterocycles. The first-order valence-electron chi connectivity index (χ1n) is 5.29. The number of terminal acetylenes is 1. The molecule has 2 N–H and O–H groups in total. The van der Waals surface area contributed by atoms with Gasteiger partial charge in [-0.25, -0.2) is 4.98 Å². The first kappa shape index (κ1) is 9.85. The lowest BCUT2D eigenvalue weighted by atomic mass is 10.1. The number of hydrogen-bond donors (Lipinski definition) is 1. The third-order valence-corrected chi connectivity index (χ3v) is 2.66. The van der Waals surface area contributed by atoms with Gasteiger partial charge in [0.25, 0.3) is 0 Å². The van der Waals surface area contributed by atoms with Crippen LogP contribution >= 0.6 is 0 Å². The first-order chi connectivity index (χ1) is 7.29. The highest BCUT2D eigenvalue weighted by molar-refractivity contribution is 5.54. The van der Waals surface area contributed by atoms with Crippen molar-refractivity contribution >= 4 is 11.5 Å². The Morgan fingerprint density at radius 2 is 2.00 bits per heavy atom. The van der Waals surface area contributed by atoms with Gasteiger partial charge in [-0.05, 0) is 25.3 Å². The van der Waals surface area contributed by atoms with Gasteiger partial charge in [-0.15, -0.1) is 6.42 Å². The lowest BCUT2D eigenvalue weighted by Crippen LogP contribution is -2.30. The normalized spacial score (nSPS) is 16.1. The summed E-state index contributed by atoms with van der Waals surface area (Å²) in [6, 6.07) is 3.62. The number of nitrogens with zero attached hydrogens (tertiary/aromatic N) is 2. The minimum Gasteiger partial charge on any atom is -0.399 e. The van der Waals surface area contributed by atoms with Gasteiger partial charge in [0.2, 0.25) is 0 Å². The van der Waals surface area contributed by atoms with Crippen molar-refractivity contribution in [3.63, 3.8) is 0 Å². The van der Waals surface area contributed by atoms with E-state index in [1.165, 1.54) is 19.3 Å². The van der Waals surface area contributed by atoms with Gasteiger partial charge in [-0.2, -0.15) is 0 Å². The Bertz CT molecular complexity index is 386. The van der Waals surface area contributed by atoms with E-state index < -0.39 is 0 Å². The SMILES string of the molecule is C#Cc1cc(N)cc(N2CCCCC2)n1. The highest BCUT2D eigenvalue weighted by Gasteiger charge is 2.12. The molecule has 3 nitrogen and oxygen atoms in total. The summed E-state index contributed by atoms with van der Waals surface area (Å²) in [5.74, 6) is 3.45. The van der Waals surface area contributed by atoms with Crippen LogP contribution in [0.1, 0.15) is 25.0 Å². The van der Waals surface area contributed by atoms with Crippen molar-refractivity contribution in [2.24, 2.45) is 0 Å². The summed E-state index contributed by atoms with van der Waals surface area (Å²) in [7, 11) is 0. The molecule has 1 fully saturated rings. The Kier molecular flexibility index (Phi) is 2.77. The Hall–Kier alpha value is -1.69. The van der Waals surface area contributed by atoms with E-state index in [2.05, 4.69) is 15.8 Å². The van der Waals surface area contributed by atoms with Crippen molar-refractivity contribution in [3.05, 3.63) is 17.8 Å². The molecule has 1 aliphatic rings. The van der Waals surface area contributed by atoms with E-state index in [0.29, 0.717) is 11.4 Å². The van der Waals surface area contributed by atoms with E-state index in [0.717, 1.165) is 18.9 Å². The van der Waals surface area contributed by atoms with Gasteiger partial charge in [0.05, 0.1) is 0 Å². The van der Waals surface area contributed by atoms with Crippen LogP contribution in [-0.4, -0.2) is 18.1 Å². The van der Waals surface area contributed by atoms with Crippen LogP contribution in [0.2, 0.25) is 0 Å². The molecule has 0 amide bonds. The second kappa shape index (κ2) is 4.22. The summed E-state index contributed by atoms with van der Waals surface area (Å²) in [5, 5.41) is 0. The zero-order chi connectivity index (χ0) is 10.7. The lowest BCUT2D eigenvalue weighted by Gasteiger charge is -2.27. The molecule has 2 rings (SSSR count). The fourth-order valence-corrected chi connectivity index (χ4v) is 1.90. The van der Waals surface area contributed by atoms with E-state index in [9.17, 15) is 0 Å². The second-order valence-electron chi connectivity index (χ2n) is 3.84. The van der Waals surface area contributed by atoms with Crippen molar-refractivity contribution in [1.29, 1.82) is 0 Å². The summed E-state index contributed by atoms with van der Waals surface area (Å²) < 4.78 is 0. The molecule has 0 atom stereocenters. The van der Waals surface area contributed by atoms with Gasteiger partial charge in [0, 0.05) is 24.8 Å². The number of piperidine rings is 1. The molecule has 78 valence electrons. The smallest absolute Gasteiger partial charge is 0.132 e. The number of aromatic nitrogens is 1. The summed E-state index contributed by atoms with van der Waals surface area (Å²) >= 11 is 0. The van der Waals surface area contributed by atoms with Gasteiger partial charge in [0.1, 0.15) is 11.5 Å². The van der Waals surface area contributed by atoms with Crippen molar-refractivity contribution in [3.8, 4) is 12.3 Å². The highest BCUT2D eigenvalue weighted by atomic mass is 15.2. The van der Waals surface area contributed by atoms with Gasteiger partial charge < -0.3 is 10.6 Å². The number of nitrogen functional groups attached to an aromatic ring is 1. The number of hydrogen-bond acceptors (Lipinski definition) is 3. The topological polar surface area (TPSA) is 42.1 Å². The van der Waals surface area contributed by atoms with Crippen LogP contribution in [0.3, 0.4) is 0 Å². The second-order valence-corrected chi connectivity index (χ2v) is 3.84. The molecule has 1 aromatic rings. The number of anilines is 2. The van der Waals surface area contributed by atoms with Crippen molar-refractivity contribution in [2.75, 3.05) is 23.7 Å². The molecule has 15 heavy (non-hydrogen) atoms. The van der Waals surface area contributed by atoms with Gasteiger partial charge in [-0.3, -0.25) is 0 Å². The van der Waals surface area contributed by atoms with Gasteiger partial charge in [0.15, 0.2) is 0 Å². The van der Waals surface area contributed by atoms with Crippen LogP contribution in [0.5, 0.6) is 0 Å². The monoisotopic (exact) mass is 201 g/mol. The van der Waals surface area contributed by atoms with Crippen LogP contribution in [0.4, 0.5) is 11.5 Å². The van der Waals surface area contributed by atoms with Crippen LogP contribution in [0.15, 0.2) is 12.1 Å². The predicted octanol–water partition coefficient (Wildman–Crippen LogP) is 1.64. The van der Waals surface area contributed by atoms with Crippen LogP contribution < -0.4 is 10.6 Å². The fraction of sp³-hybridized carbons (Fsp3) is 0.417. The maximum atomic E-state index is 5.78. The fourth-order valence-electron chi connectivity index (χ4n) is 1.90. The molecular weight excluding hydrogens is 186 g/mol. The Morgan fingerprint density at radius 1 is 1.27 bits per heavy atom. The predicted molar refractivity (Wildman–Crippen MR) is 62.6 cm³/mol. The third kappa shape index (κ3) is 2.21. The zero-order valence-electron chi connectivity index (χ0n) is 8.74. The van der Waals surface area contributed by atoms with Crippen molar-refractivity contribution in [1.82, 2.24) is 4.98 Å². The van der Waals surface area contributed by atoms with Crippen LogP contribution in [0.25, 0.3) is 0 Å². The molecule has 0 bridgehead atoms. The summed E-state index contributed by atoms with van der Waals surface area (Å²) in [5.41, 5.74) is 7.09. The highest BCUT2D eigenvalue weighted by Crippen LogP contribution is 2.20. The van der Waals surface area contributed by atoms with Crippen molar-refractivity contribution < 1.29 is 0 Å². The summed E-state index contributed by atoms with van der Waals surface area (Å²) in [4.78, 5) is 6.64. The quantitative estimate of drug-likeness (QED) is 0.702. The van der Waals surface area contributed by atoms with Crippen LogP contribution in [-0.2, 0) is 0 Å². The van der Waals surface area contributed by atoms with Crippen molar-refractivity contribution in [2.45, 2.75) is 19.3 Å². The number of nitrogens with two attached hydrogens (primary N) is 1. The lowest BCUT2D eigenvalue weighted by molar-refractivity contribution is 0.573. The van der Waals surface area contributed by atoms with E-state index in [4.69, 9.17) is 12.2 Å². The van der Waals surface area contributed by atoms with E-state index in [1.807, 2.05) is 6.07 Å². The Balaban J connectivity index is 2.27. The molecule has 3 heteroatoms. The van der Waals surface area contributed by atoms with Crippen LogP contribution in [0, 0.1) is 12.3 Å². The molecule has 2 heterocycles. The molecule has 0 unspecified atom stereocenters. The summed E-state index contributed by atoms with van der Waals surface area (Å²) in [6.07, 6.45) is 9.09. The minimum atomic E-state index is 0.621. The molecule has 0 spiro atoms. The Morgan fingerprint density at radius 3 is 2.67 bits per heavy atom. The zero-order valence-corrected chi connectivity index (χ0v) is 8.74. The molecule has 1 aliphatic heterocycles. The molecule has 0 saturated carbocycles. The van der Waals surface area contributed by atoms with Gasteiger partial charge in [-0.1, -0.05) is 5.92 Å². The summed E-state index contributed by atoms with van der Waals surface area (Å²) in [6.45, 7) is 2.11. The molecular formula is C12H15N3. The first-order valence-corrected chi connectivity index (χ1v) is 5.29. The standard InChI is InChI=1S/C12H15N3/c1-2-11-8-10(13)9-12(14-11)15-6-4-3-5-7-15/h1,8-9H,3-7H2,(H2,13,14). The minimum absolute atomic E-state index is 0.621. The molecule has 1 saturated heterocycles. The number of pyridine rings is 1. The average Bonchev–Trinajstić information content (AvgIpc) is 2.29.